The number of para-hydroxylation sites is 2. The van der Waals surface area contributed by atoms with Crippen LogP contribution in [0, 0.1) is 13.8 Å². The van der Waals surface area contributed by atoms with Crippen LogP contribution < -0.4 is 21.5 Å². The number of nitrogens with one attached hydrogen (secondary N) is 1. The first-order chi connectivity index (χ1) is 18.9. The van der Waals surface area contributed by atoms with Crippen LogP contribution in [0.5, 0.6) is 0 Å². The molecule has 3 heterocycles. The normalized spacial score (nSPS) is 11.8. The second-order valence-corrected chi connectivity index (χ2v) is 9.89. The first-order valence-electron chi connectivity index (χ1n) is 12.1. The molecule has 1 amide bonds. The van der Waals surface area contributed by atoms with Gasteiger partial charge in [0.2, 0.25) is 4.80 Å². The van der Waals surface area contributed by atoms with E-state index in [4.69, 9.17) is 8.83 Å². The summed E-state index contributed by atoms with van der Waals surface area (Å²) in [6.45, 7) is 3.96. The van der Waals surface area contributed by atoms with Gasteiger partial charge in [-0.25, -0.2) is 15.0 Å². The van der Waals surface area contributed by atoms with Gasteiger partial charge in [-0.3, -0.25) is 9.36 Å². The number of amides is 1. The molecule has 0 spiro atoms. The average molecular weight is 536 g/mol. The van der Waals surface area contributed by atoms with Gasteiger partial charge in [0.25, 0.3) is 5.91 Å². The van der Waals surface area contributed by atoms with Gasteiger partial charge in [-0.15, -0.1) is 16.4 Å². The van der Waals surface area contributed by atoms with Gasteiger partial charge in [0, 0.05) is 16.2 Å². The number of hydrogen-bond acceptors (Lipinski definition) is 7. The highest BCUT2D eigenvalue weighted by atomic mass is 32.1. The highest BCUT2D eigenvalue weighted by Crippen LogP contribution is 2.26. The standard InChI is InChI=1S/C30H21N3O5S/c1-17-11-12-23(18(2)13-17)33-24(21-14-19-7-3-5-9-25(19)37-28(21)35)16-39-30(33)32-31-27(34)22-15-20-8-4-6-10-26(20)38-29(22)36/h3-16H,1-2H3,(H,31,34)/b32-30+. The zero-order valence-electron chi connectivity index (χ0n) is 20.9. The van der Waals surface area contributed by atoms with Crippen molar-refractivity contribution in [3.63, 3.8) is 0 Å². The molecular weight excluding hydrogens is 514 g/mol. The molecule has 0 aliphatic rings. The molecule has 0 unspecified atom stereocenters. The van der Waals surface area contributed by atoms with E-state index in [2.05, 4.69) is 10.5 Å². The molecule has 0 saturated heterocycles. The quantitative estimate of drug-likeness (QED) is 0.244. The van der Waals surface area contributed by atoms with Gasteiger partial charge in [-0.05, 0) is 49.7 Å². The van der Waals surface area contributed by atoms with E-state index in [-0.39, 0.29) is 5.56 Å². The number of rotatable bonds is 4. The van der Waals surface area contributed by atoms with E-state index in [0.29, 0.717) is 32.6 Å². The van der Waals surface area contributed by atoms with Gasteiger partial charge in [0.1, 0.15) is 16.7 Å². The molecule has 39 heavy (non-hydrogen) atoms. The van der Waals surface area contributed by atoms with Crippen molar-refractivity contribution >= 4 is 39.2 Å². The van der Waals surface area contributed by atoms with Crippen molar-refractivity contribution in [3.8, 4) is 16.9 Å². The zero-order valence-corrected chi connectivity index (χ0v) is 21.7. The number of aromatic nitrogens is 1. The minimum atomic E-state index is -0.760. The SMILES string of the molecule is Cc1ccc(-n2c(-c3cc4ccccc4oc3=O)cs/c2=N/NC(=O)c2cc3ccccc3oc2=O)c(C)c1. The Hall–Kier alpha value is -5.02. The maximum Gasteiger partial charge on any atom is 0.349 e. The van der Waals surface area contributed by atoms with Crippen LogP contribution in [0.4, 0.5) is 0 Å². The Morgan fingerprint density at radius 3 is 2.23 bits per heavy atom. The molecule has 6 rings (SSSR count). The summed E-state index contributed by atoms with van der Waals surface area (Å²) in [5, 5.41) is 7.54. The first-order valence-corrected chi connectivity index (χ1v) is 13.0. The number of benzene rings is 3. The van der Waals surface area contributed by atoms with Crippen LogP contribution in [-0.4, -0.2) is 10.5 Å². The third-order valence-corrected chi connectivity index (χ3v) is 7.18. The molecule has 3 aromatic heterocycles. The Labute approximate surface area is 225 Å². The fourth-order valence-electron chi connectivity index (χ4n) is 4.49. The van der Waals surface area contributed by atoms with E-state index < -0.39 is 17.2 Å². The average Bonchev–Trinajstić information content (AvgIpc) is 3.34. The van der Waals surface area contributed by atoms with Crippen molar-refractivity contribution in [2.24, 2.45) is 5.10 Å². The van der Waals surface area contributed by atoms with E-state index in [9.17, 15) is 14.4 Å². The molecule has 0 atom stereocenters. The Kier molecular flexibility index (Phi) is 6.05. The lowest BCUT2D eigenvalue weighted by atomic mass is 10.1. The van der Waals surface area contributed by atoms with E-state index in [1.165, 1.54) is 17.4 Å². The monoisotopic (exact) mass is 535 g/mol. The molecule has 9 heteroatoms. The highest BCUT2D eigenvalue weighted by Gasteiger charge is 2.18. The summed E-state index contributed by atoms with van der Waals surface area (Å²) >= 11 is 1.24. The lowest BCUT2D eigenvalue weighted by molar-refractivity contribution is 0.0949. The second-order valence-electron chi connectivity index (χ2n) is 9.05. The largest absolute Gasteiger partial charge is 0.422 e. The molecule has 3 aromatic carbocycles. The van der Waals surface area contributed by atoms with Crippen molar-refractivity contribution < 1.29 is 13.6 Å². The smallest absolute Gasteiger partial charge is 0.349 e. The number of hydrogen-bond donors (Lipinski definition) is 1. The number of nitrogens with zero attached hydrogens (tertiary/aromatic N) is 2. The van der Waals surface area contributed by atoms with Crippen LogP contribution >= 0.6 is 11.3 Å². The summed E-state index contributed by atoms with van der Waals surface area (Å²) in [5.41, 5.74) is 5.67. The topological polar surface area (TPSA) is 107 Å². The van der Waals surface area contributed by atoms with Crippen molar-refractivity contribution in [1.82, 2.24) is 9.99 Å². The van der Waals surface area contributed by atoms with Crippen molar-refractivity contribution in [2.75, 3.05) is 0 Å². The molecule has 0 fully saturated rings. The lowest BCUT2D eigenvalue weighted by Gasteiger charge is -2.12. The molecule has 0 radical (unpaired) electrons. The van der Waals surface area contributed by atoms with Crippen LogP contribution in [0.15, 0.2) is 108 Å². The molecule has 0 aliphatic heterocycles. The number of thiazole rings is 1. The summed E-state index contributed by atoms with van der Waals surface area (Å²) in [6, 6.07) is 23.4. The predicted octanol–water partition coefficient (Wildman–Crippen LogP) is 5.28. The Morgan fingerprint density at radius 1 is 0.846 bits per heavy atom. The van der Waals surface area contributed by atoms with Gasteiger partial charge in [0.15, 0.2) is 0 Å². The molecular formula is C30H21N3O5S. The summed E-state index contributed by atoms with van der Waals surface area (Å²) in [4.78, 5) is 38.9. The van der Waals surface area contributed by atoms with Crippen LogP contribution in [0.25, 0.3) is 38.9 Å². The van der Waals surface area contributed by atoms with E-state index in [0.717, 1.165) is 22.2 Å². The number of carbonyl (C=O) groups excluding carboxylic acids is 1. The van der Waals surface area contributed by atoms with Crippen LogP contribution in [0.1, 0.15) is 21.5 Å². The van der Waals surface area contributed by atoms with Gasteiger partial charge in [-0.2, -0.15) is 0 Å². The number of aryl methyl sites for hydroxylation is 2. The van der Waals surface area contributed by atoms with Gasteiger partial charge >= 0.3 is 11.3 Å². The van der Waals surface area contributed by atoms with E-state index in [1.807, 2.05) is 44.2 Å². The van der Waals surface area contributed by atoms with Crippen LogP contribution in [0.3, 0.4) is 0 Å². The summed E-state index contributed by atoms with van der Waals surface area (Å²) in [6.07, 6.45) is 0. The predicted molar refractivity (Wildman–Crippen MR) is 150 cm³/mol. The minimum Gasteiger partial charge on any atom is -0.422 e. The van der Waals surface area contributed by atoms with Crippen LogP contribution in [0.2, 0.25) is 0 Å². The van der Waals surface area contributed by atoms with Gasteiger partial charge in [-0.1, -0.05) is 54.1 Å². The molecule has 192 valence electrons. The molecule has 0 aliphatic carbocycles. The Balaban J connectivity index is 1.49. The van der Waals surface area contributed by atoms with E-state index >= 15 is 0 Å². The zero-order chi connectivity index (χ0) is 27.1. The van der Waals surface area contributed by atoms with Crippen molar-refractivity contribution in [3.05, 3.63) is 127 Å². The molecule has 6 aromatic rings. The first kappa shape index (κ1) is 24.3. The van der Waals surface area contributed by atoms with Crippen molar-refractivity contribution in [2.45, 2.75) is 13.8 Å². The summed E-state index contributed by atoms with van der Waals surface area (Å²) in [5.74, 6) is -0.707. The third kappa shape index (κ3) is 4.49. The Bertz CT molecular complexity index is 2100. The maximum atomic E-state index is 13.0. The highest BCUT2D eigenvalue weighted by molar-refractivity contribution is 7.07. The maximum absolute atomic E-state index is 13.0. The molecule has 0 saturated carbocycles. The number of fused-ring (bicyclic) bond motifs is 2. The lowest BCUT2D eigenvalue weighted by Crippen LogP contribution is -2.28. The Morgan fingerprint density at radius 2 is 1.51 bits per heavy atom. The van der Waals surface area contributed by atoms with Crippen LogP contribution in [-0.2, 0) is 0 Å². The van der Waals surface area contributed by atoms with Gasteiger partial charge < -0.3 is 8.83 Å². The van der Waals surface area contributed by atoms with E-state index in [1.54, 1.807) is 52.4 Å². The minimum absolute atomic E-state index is 0.164. The molecule has 0 bridgehead atoms. The summed E-state index contributed by atoms with van der Waals surface area (Å²) < 4.78 is 12.7. The van der Waals surface area contributed by atoms with Gasteiger partial charge in [0.05, 0.1) is 16.9 Å². The fourth-order valence-corrected chi connectivity index (χ4v) is 5.34. The van der Waals surface area contributed by atoms with Crippen molar-refractivity contribution in [1.29, 1.82) is 0 Å². The third-order valence-electron chi connectivity index (χ3n) is 6.36. The molecule has 1 N–H and O–H groups in total. The fraction of sp³-hybridized carbons (Fsp3) is 0.0667. The molecule has 8 nitrogen and oxygen atoms in total. The summed E-state index contributed by atoms with van der Waals surface area (Å²) in [7, 11) is 0. The second kappa shape index (κ2) is 9.70. The number of carbonyl (C=O) groups is 1.